The third kappa shape index (κ3) is 4.75. The molecule has 0 saturated carbocycles. The maximum atomic E-state index is 13.0. The van der Waals surface area contributed by atoms with E-state index in [-0.39, 0.29) is 37.0 Å². The highest BCUT2D eigenvalue weighted by Crippen LogP contribution is 2.36. The number of piperidine rings is 1. The standard InChI is InChI=1S/C27H27FN4O2.2ClH/c1-30-25-13-21(7-8-23(25)24-16-31-10-3-2-4-20(31)12-26(24)30)32-11-9-22(14-27(32)33)34-17-19-6-5-18(28)15-29-19;;/h5-9,11,13-15,20H,2-4,10,12,16-17H2,1H3;2*1H. The van der Waals surface area contributed by atoms with Gasteiger partial charge in [0.15, 0.2) is 0 Å². The Balaban J connectivity index is 0.00000152. The van der Waals surface area contributed by atoms with Crippen LogP contribution in [0.5, 0.6) is 5.75 Å². The molecule has 1 saturated heterocycles. The number of hydrogen-bond donors (Lipinski definition) is 0. The van der Waals surface area contributed by atoms with E-state index in [4.69, 9.17) is 4.74 Å². The molecule has 6 nitrogen and oxygen atoms in total. The fraction of sp³-hybridized carbons (Fsp3) is 0.333. The largest absolute Gasteiger partial charge is 0.487 e. The number of aryl methyl sites for hydroxylation is 1. The van der Waals surface area contributed by atoms with Crippen molar-refractivity contribution in [3.05, 3.63) is 88.0 Å². The first kappa shape index (κ1) is 26.2. The van der Waals surface area contributed by atoms with Crippen LogP contribution in [0.2, 0.25) is 0 Å². The molecule has 1 fully saturated rings. The van der Waals surface area contributed by atoms with Crippen molar-refractivity contribution in [3.63, 3.8) is 0 Å². The van der Waals surface area contributed by atoms with Crippen LogP contribution >= 0.6 is 24.8 Å². The maximum Gasteiger partial charge on any atom is 0.258 e. The van der Waals surface area contributed by atoms with Crippen LogP contribution in [-0.2, 0) is 26.6 Å². The normalized spacial score (nSPS) is 17.0. The molecule has 0 bridgehead atoms. The van der Waals surface area contributed by atoms with Crippen molar-refractivity contribution in [2.75, 3.05) is 6.54 Å². The van der Waals surface area contributed by atoms with E-state index < -0.39 is 5.82 Å². The Morgan fingerprint density at radius 1 is 1.11 bits per heavy atom. The second kappa shape index (κ2) is 10.6. The third-order valence-corrected chi connectivity index (χ3v) is 7.30. The number of aromatic nitrogens is 3. The van der Waals surface area contributed by atoms with Crippen molar-refractivity contribution in [2.24, 2.45) is 7.05 Å². The lowest BCUT2D eigenvalue weighted by atomic mass is 9.91. The molecule has 1 aromatic carbocycles. The molecule has 190 valence electrons. The Bertz CT molecular complexity index is 1430. The summed E-state index contributed by atoms with van der Waals surface area (Å²) in [5.74, 6) is 0.0673. The van der Waals surface area contributed by atoms with Gasteiger partial charge in [-0.2, -0.15) is 0 Å². The predicted molar refractivity (Wildman–Crippen MR) is 143 cm³/mol. The van der Waals surface area contributed by atoms with Crippen LogP contribution in [0.3, 0.4) is 0 Å². The molecule has 3 aromatic heterocycles. The number of ether oxygens (including phenoxy) is 1. The van der Waals surface area contributed by atoms with Crippen molar-refractivity contribution in [3.8, 4) is 11.4 Å². The summed E-state index contributed by atoms with van der Waals surface area (Å²) in [7, 11) is 2.15. The van der Waals surface area contributed by atoms with E-state index in [2.05, 4.69) is 33.6 Å². The Morgan fingerprint density at radius 2 is 1.97 bits per heavy atom. The molecule has 9 heteroatoms. The number of hydrogen-bond acceptors (Lipinski definition) is 4. The van der Waals surface area contributed by atoms with E-state index in [0.717, 1.165) is 30.4 Å². The fourth-order valence-electron chi connectivity index (χ4n) is 5.48. The molecule has 4 aromatic rings. The van der Waals surface area contributed by atoms with Gasteiger partial charge in [0.1, 0.15) is 18.2 Å². The van der Waals surface area contributed by atoms with Crippen molar-refractivity contribution in [1.82, 2.24) is 19.0 Å². The first-order valence-electron chi connectivity index (χ1n) is 11.9. The quantitative estimate of drug-likeness (QED) is 0.364. The number of nitrogens with zero attached hydrogens (tertiary/aromatic N) is 4. The average molecular weight is 531 g/mol. The Morgan fingerprint density at radius 3 is 2.75 bits per heavy atom. The zero-order valence-electron chi connectivity index (χ0n) is 20.0. The van der Waals surface area contributed by atoms with Gasteiger partial charge in [-0.3, -0.25) is 19.2 Å². The molecular weight excluding hydrogens is 502 g/mol. The number of pyridine rings is 2. The summed E-state index contributed by atoms with van der Waals surface area (Å²) in [5.41, 5.74) is 5.30. The highest BCUT2D eigenvalue weighted by molar-refractivity contribution is 5.87. The summed E-state index contributed by atoms with van der Waals surface area (Å²) in [5, 5.41) is 1.28. The molecule has 0 aliphatic carbocycles. The van der Waals surface area contributed by atoms with Gasteiger partial charge in [0.05, 0.1) is 23.1 Å². The molecule has 0 amide bonds. The van der Waals surface area contributed by atoms with E-state index in [0.29, 0.717) is 17.5 Å². The van der Waals surface area contributed by atoms with Gasteiger partial charge in [-0.15, -0.1) is 24.8 Å². The van der Waals surface area contributed by atoms with Gasteiger partial charge < -0.3 is 9.30 Å². The van der Waals surface area contributed by atoms with Crippen LogP contribution in [0.15, 0.2) is 59.7 Å². The van der Waals surface area contributed by atoms with Crippen LogP contribution in [-0.4, -0.2) is 31.6 Å². The van der Waals surface area contributed by atoms with Gasteiger partial charge in [-0.25, -0.2) is 4.39 Å². The fourth-order valence-corrected chi connectivity index (χ4v) is 5.48. The van der Waals surface area contributed by atoms with E-state index in [1.54, 1.807) is 22.9 Å². The Kier molecular flexibility index (Phi) is 7.73. The number of fused-ring (bicyclic) bond motifs is 4. The molecular formula is C27H29Cl2FN4O2. The van der Waals surface area contributed by atoms with Crippen LogP contribution < -0.4 is 10.3 Å². The number of halogens is 3. The first-order valence-corrected chi connectivity index (χ1v) is 11.9. The lowest BCUT2D eigenvalue weighted by Crippen LogP contribution is -2.43. The SMILES string of the molecule is Cl.Cl.Cn1c2c(c3ccc(-n4ccc(OCc5ccc(F)cn5)cc4=O)cc31)CN1CCCCC1C2. The molecule has 0 radical (unpaired) electrons. The van der Waals surface area contributed by atoms with Crippen LogP contribution in [0.1, 0.15) is 36.2 Å². The smallest absolute Gasteiger partial charge is 0.258 e. The van der Waals surface area contributed by atoms with Crippen LogP contribution in [0.25, 0.3) is 16.6 Å². The number of benzene rings is 1. The molecule has 0 N–H and O–H groups in total. The van der Waals surface area contributed by atoms with E-state index >= 15 is 0 Å². The monoisotopic (exact) mass is 530 g/mol. The molecule has 6 rings (SSSR count). The first-order chi connectivity index (χ1) is 16.6. The van der Waals surface area contributed by atoms with Crippen molar-refractivity contribution < 1.29 is 9.13 Å². The molecule has 1 unspecified atom stereocenters. The Hall–Kier alpha value is -2.87. The summed E-state index contributed by atoms with van der Waals surface area (Å²) < 4.78 is 22.7. The summed E-state index contributed by atoms with van der Waals surface area (Å²) in [4.78, 5) is 19.5. The molecule has 1 atom stereocenters. The van der Waals surface area contributed by atoms with Crippen molar-refractivity contribution in [2.45, 2.75) is 44.9 Å². The highest BCUT2D eigenvalue weighted by Gasteiger charge is 2.31. The average Bonchev–Trinajstić information content (AvgIpc) is 3.13. The van der Waals surface area contributed by atoms with Gasteiger partial charge in [0.2, 0.25) is 0 Å². The maximum absolute atomic E-state index is 13.0. The lowest BCUT2D eigenvalue weighted by Gasteiger charge is -2.39. The van der Waals surface area contributed by atoms with Gasteiger partial charge in [-0.05, 0) is 55.3 Å². The predicted octanol–water partition coefficient (Wildman–Crippen LogP) is 5.20. The van der Waals surface area contributed by atoms with Gasteiger partial charge in [0, 0.05) is 49.4 Å². The molecule has 5 heterocycles. The topological polar surface area (TPSA) is 52.3 Å². The molecule has 36 heavy (non-hydrogen) atoms. The van der Waals surface area contributed by atoms with Crippen LogP contribution in [0.4, 0.5) is 4.39 Å². The summed E-state index contributed by atoms with van der Waals surface area (Å²) in [6.07, 6.45) is 7.90. The molecule has 0 spiro atoms. The summed E-state index contributed by atoms with van der Waals surface area (Å²) in [6, 6.07) is 13.1. The Labute approximate surface area is 221 Å². The van der Waals surface area contributed by atoms with Gasteiger partial charge in [0.25, 0.3) is 5.56 Å². The van der Waals surface area contributed by atoms with E-state index in [1.807, 2.05) is 6.07 Å². The minimum Gasteiger partial charge on any atom is -0.487 e. The zero-order valence-corrected chi connectivity index (χ0v) is 21.7. The lowest BCUT2D eigenvalue weighted by molar-refractivity contribution is 0.126. The third-order valence-electron chi connectivity index (χ3n) is 7.30. The second-order valence-corrected chi connectivity index (χ2v) is 9.34. The van der Waals surface area contributed by atoms with Crippen molar-refractivity contribution in [1.29, 1.82) is 0 Å². The highest BCUT2D eigenvalue weighted by atomic mass is 35.5. The van der Waals surface area contributed by atoms with E-state index in [9.17, 15) is 9.18 Å². The molecule has 2 aliphatic heterocycles. The summed E-state index contributed by atoms with van der Waals surface area (Å²) in [6.45, 7) is 2.38. The minimum absolute atomic E-state index is 0. The van der Waals surface area contributed by atoms with Crippen LogP contribution in [0, 0.1) is 5.82 Å². The van der Waals surface area contributed by atoms with E-state index in [1.165, 1.54) is 54.6 Å². The van der Waals surface area contributed by atoms with Gasteiger partial charge in [-0.1, -0.05) is 12.5 Å². The zero-order chi connectivity index (χ0) is 23.2. The molecule has 2 aliphatic rings. The number of rotatable bonds is 4. The van der Waals surface area contributed by atoms with Gasteiger partial charge >= 0.3 is 0 Å². The second-order valence-electron chi connectivity index (χ2n) is 9.34. The van der Waals surface area contributed by atoms with Crippen molar-refractivity contribution >= 4 is 35.7 Å². The minimum atomic E-state index is -0.391. The summed E-state index contributed by atoms with van der Waals surface area (Å²) >= 11 is 0.